The van der Waals surface area contributed by atoms with E-state index in [9.17, 15) is 14.4 Å². The van der Waals surface area contributed by atoms with Gasteiger partial charge in [-0.05, 0) is 34.1 Å². The average molecular weight is 329 g/mol. The van der Waals surface area contributed by atoms with Gasteiger partial charge in [-0.25, -0.2) is 4.79 Å². The quantitative estimate of drug-likeness (QED) is 0.386. The molecule has 0 aromatic heterocycles. The Morgan fingerprint density at radius 1 is 1.22 bits per heavy atom. The van der Waals surface area contributed by atoms with E-state index < -0.39 is 17.7 Å². The van der Waals surface area contributed by atoms with Crippen molar-refractivity contribution < 1.29 is 28.6 Å². The Kier molecular flexibility index (Phi) is 8.98. The molecule has 0 N–H and O–H groups in total. The maximum atomic E-state index is 12.0. The lowest BCUT2D eigenvalue weighted by Crippen LogP contribution is -2.43. The van der Waals surface area contributed by atoms with E-state index in [1.165, 1.54) is 18.1 Å². The Morgan fingerprint density at radius 3 is 2.30 bits per heavy atom. The normalized spacial score (nSPS) is 12.0. The number of carbonyl (C=O) groups is 3. The van der Waals surface area contributed by atoms with Crippen LogP contribution in [0.4, 0.5) is 4.79 Å². The van der Waals surface area contributed by atoms with Gasteiger partial charge in [-0.3, -0.25) is 14.5 Å². The summed E-state index contributed by atoms with van der Waals surface area (Å²) in [5, 5.41) is 0. The molecule has 0 spiro atoms. The molecule has 7 heteroatoms. The number of esters is 2. The summed E-state index contributed by atoms with van der Waals surface area (Å²) in [6.45, 7) is 10.3. The van der Waals surface area contributed by atoms with Crippen molar-refractivity contribution in [2.75, 3.05) is 20.3 Å². The van der Waals surface area contributed by atoms with Gasteiger partial charge in [-0.1, -0.05) is 12.7 Å². The lowest BCUT2D eigenvalue weighted by molar-refractivity contribution is -0.155. The molecule has 0 aromatic carbocycles. The van der Waals surface area contributed by atoms with Crippen LogP contribution in [0.25, 0.3) is 0 Å². The SMILES string of the molecule is C=CCOC(=O)N(CC(=O)OC)C(C)CCC(=O)OC(C)(C)C. The van der Waals surface area contributed by atoms with Crippen LogP contribution in [0, 0.1) is 0 Å². The summed E-state index contributed by atoms with van der Waals surface area (Å²) in [7, 11) is 1.24. The number of carbonyl (C=O) groups excluding carboxylic acids is 3. The predicted octanol–water partition coefficient (Wildman–Crippen LogP) is 2.29. The van der Waals surface area contributed by atoms with Crippen LogP contribution in [0.3, 0.4) is 0 Å². The van der Waals surface area contributed by atoms with Gasteiger partial charge in [0.15, 0.2) is 0 Å². The van der Waals surface area contributed by atoms with Crippen LogP contribution in [0.15, 0.2) is 12.7 Å². The Labute approximate surface area is 137 Å². The fraction of sp³-hybridized carbons (Fsp3) is 0.688. The van der Waals surface area contributed by atoms with Gasteiger partial charge in [0.25, 0.3) is 0 Å². The molecule has 0 aromatic rings. The van der Waals surface area contributed by atoms with E-state index in [1.807, 2.05) is 0 Å². The highest BCUT2D eigenvalue weighted by Gasteiger charge is 2.26. The van der Waals surface area contributed by atoms with Gasteiger partial charge in [0, 0.05) is 12.5 Å². The zero-order valence-electron chi connectivity index (χ0n) is 14.6. The second-order valence-corrected chi connectivity index (χ2v) is 6.04. The van der Waals surface area contributed by atoms with E-state index >= 15 is 0 Å². The van der Waals surface area contributed by atoms with Gasteiger partial charge >= 0.3 is 18.0 Å². The van der Waals surface area contributed by atoms with E-state index in [0.29, 0.717) is 6.42 Å². The second-order valence-electron chi connectivity index (χ2n) is 6.04. The third-order valence-corrected chi connectivity index (χ3v) is 2.80. The zero-order valence-corrected chi connectivity index (χ0v) is 14.6. The number of hydrogen-bond acceptors (Lipinski definition) is 6. The van der Waals surface area contributed by atoms with Crippen LogP contribution in [-0.2, 0) is 23.8 Å². The molecule has 0 fully saturated rings. The van der Waals surface area contributed by atoms with Crippen LogP contribution in [0.2, 0.25) is 0 Å². The van der Waals surface area contributed by atoms with Gasteiger partial charge in [0.05, 0.1) is 7.11 Å². The van der Waals surface area contributed by atoms with Crippen LogP contribution < -0.4 is 0 Å². The lowest BCUT2D eigenvalue weighted by Gasteiger charge is -2.27. The molecule has 0 saturated carbocycles. The molecule has 0 aliphatic rings. The number of methoxy groups -OCH3 is 1. The molecule has 0 rings (SSSR count). The molecule has 0 aliphatic carbocycles. The molecule has 1 atom stereocenters. The standard InChI is InChI=1S/C16H27NO6/c1-7-10-22-15(20)17(11-14(19)21-6)12(2)8-9-13(18)23-16(3,4)5/h7,12H,1,8-11H2,2-6H3. The maximum absolute atomic E-state index is 12.0. The zero-order chi connectivity index (χ0) is 18.0. The summed E-state index contributed by atoms with van der Waals surface area (Å²) >= 11 is 0. The van der Waals surface area contributed by atoms with E-state index in [1.54, 1.807) is 27.7 Å². The number of ether oxygens (including phenoxy) is 3. The minimum Gasteiger partial charge on any atom is -0.468 e. The van der Waals surface area contributed by atoms with E-state index in [0.717, 1.165) is 0 Å². The molecule has 132 valence electrons. The smallest absolute Gasteiger partial charge is 0.410 e. The third kappa shape index (κ3) is 9.55. The summed E-state index contributed by atoms with van der Waals surface area (Å²) in [6.07, 6.45) is 1.24. The highest BCUT2D eigenvalue weighted by Crippen LogP contribution is 2.13. The lowest BCUT2D eigenvalue weighted by atomic mass is 10.1. The molecule has 23 heavy (non-hydrogen) atoms. The number of hydrogen-bond donors (Lipinski definition) is 0. The first kappa shape index (κ1) is 20.9. The average Bonchev–Trinajstić information content (AvgIpc) is 2.45. The Bertz CT molecular complexity index is 427. The van der Waals surface area contributed by atoms with E-state index in [4.69, 9.17) is 9.47 Å². The molecule has 0 heterocycles. The third-order valence-electron chi connectivity index (χ3n) is 2.80. The minimum atomic E-state index is -0.660. The van der Waals surface area contributed by atoms with Crippen molar-refractivity contribution in [2.24, 2.45) is 0 Å². The first-order valence-corrected chi connectivity index (χ1v) is 7.43. The number of rotatable bonds is 8. The van der Waals surface area contributed by atoms with Gasteiger partial charge in [-0.2, -0.15) is 0 Å². The van der Waals surface area contributed by atoms with Crippen molar-refractivity contribution >= 4 is 18.0 Å². The molecule has 1 amide bonds. The van der Waals surface area contributed by atoms with Crippen molar-refractivity contribution in [1.82, 2.24) is 4.90 Å². The maximum Gasteiger partial charge on any atom is 0.410 e. The fourth-order valence-electron chi connectivity index (χ4n) is 1.69. The summed E-state index contributed by atoms with van der Waals surface area (Å²) in [5.74, 6) is -0.925. The molecular weight excluding hydrogens is 302 g/mol. The fourth-order valence-corrected chi connectivity index (χ4v) is 1.69. The van der Waals surface area contributed by atoms with Gasteiger partial charge in [0.1, 0.15) is 18.8 Å². The van der Waals surface area contributed by atoms with Crippen molar-refractivity contribution in [3.8, 4) is 0 Å². The first-order chi connectivity index (χ1) is 10.6. The summed E-state index contributed by atoms with van der Waals surface area (Å²) in [6, 6.07) is -0.390. The van der Waals surface area contributed by atoms with Gasteiger partial charge in [0.2, 0.25) is 0 Å². The van der Waals surface area contributed by atoms with Crippen LogP contribution in [0.1, 0.15) is 40.5 Å². The Morgan fingerprint density at radius 2 is 1.83 bits per heavy atom. The van der Waals surface area contributed by atoms with Gasteiger partial charge < -0.3 is 14.2 Å². The van der Waals surface area contributed by atoms with Gasteiger partial charge in [-0.15, -0.1) is 0 Å². The Balaban J connectivity index is 4.68. The highest BCUT2D eigenvalue weighted by molar-refractivity contribution is 5.78. The number of nitrogens with zero attached hydrogens (tertiary/aromatic N) is 1. The van der Waals surface area contributed by atoms with Crippen molar-refractivity contribution in [3.63, 3.8) is 0 Å². The molecule has 0 radical (unpaired) electrons. The van der Waals surface area contributed by atoms with Crippen LogP contribution >= 0.6 is 0 Å². The minimum absolute atomic E-state index is 0.0370. The summed E-state index contributed by atoms with van der Waals surface area (Å²) in [4.78, 5) is 36.4. The molecule has 0 aliphatic heterocycles. The summed E-state index contributed by atoms with van der Waals surface area (Å²) < 4.78 is 14.7. The summed E-state index contributed by atoms with van der Waals surface area (Å²) in [5.41, 5.74) is -0.561. The molecule has 0 saturated heterocycles. The number of amides is 1. The second kappa shape index (κ2) is 9.86. The molecule has 0 bridgehead atoms. The van der Waals surface area contributed by atoms with Crippen molar-refractivity contribution in [3.05, 3.63) is 12.7 Å². The van der Waals surface area contributed by atoms with E-state index in [-0.39, 0.29) is 31.6 Å². The predicted molar refractivity (Wildman–Crippen MR) is 84.8 cm³/mol. The topological polar surface area (TPSA) is 82.1 Å². The van der Waals surface area contributed by atoms with Crippen LogP contribution in [-0.4, -0.2) is 54.8 Å². The largest absolute Gasteiger partial charge is 0.468 e. The van der Waals surface area contributed by atoms with Crippen molar-refractivity contribution in [1.29, 1.82) is 0 Å². The molecule has 1 unspecified atom stereocenters. The van der Waals surface area contributed by atoms with Crippen LogP contribution in [0.5, 0.6) is 0 Å². The van der Waals surface area contributed by atoms with Crippen molar-refractivity contribution in [2.45, 2.75) is 52.2 Å². The Hall–Kier alpha value is -2.05. The molecular formula is C16H27NO6. The first-order valence-electron chi connectivity index (χ1n) is 7.43. The van der Waals surface area contributed by atoms with E-state index in [2.05, 4.69) is 11.3 Å². The highest BCUT2D eigenvalue weighted by atomic mass is 16.6. The monoisotopic (exact) mass is 329 g/mol. The molecule has 7 nitrogen and oxygen atoms in total.